The zero-order valence-corrected chi connectivity index (χ0v) is 9.23. The number of rotatable bonds is 3. The Kier molecular flexibility index (Phi) is 3.10. The summed E-state index contributed by atoms with van der Waals surface area (Å²) < 4.78 is 0. The number of amides is 1. The van der Waals surface area contributed by atoms with Crippen LogP contribution in [0.1, 0.15) is 24.4 Å². The van der Waals surface area contributed by atoms with Crippen LogP contribution in [0, 0.1) is 0 Å². The summed E-state index contributed by atoms with van der Waals surface area (Å²) in [7, 11) is 0. The van der Waals surface area contributed by atoms with E-state index in [1.165, 1.54) is 5.56 Å². The molecule has 1 atom stereocenters. The van der Waals surface area contributed by atoms with Gasteiger partial charge in [0.25, 0.3) is 0 Å². The zero-order valence-electron chi connectivity index (χ0n) is 9.23. The Hall–Kier alpha value is -1.55. The van der Waals surface area contributed by atoms with Gasteiger partial charge in [-0.05, 0) is 18.1 Å². The number of nitrogens with two attached hydrogens (primary N) is 2. The highest BCUT2D eigenvalue weighted by Gasteiger charge is 2.21. The number of carbonyl (C=O) groups is 1. The maximum absolute atomic E-state index is 10.8. The summed E-state index contributed by atoms with van der Waals surface area (Å²) in [5.74, 6) is -0.257. The number of benzene rings is 1. The molecule has 1 aromatic carbocycles. The van der Waals surface area contributed by atoms with Crippen molar-refractivity contribution in [2.45, 2.75) is 18.9 Å². The molecule has 1 unspecified atom stereocenters. The van der Waals surface area contributed by atoms with Crippen LogP contribution in [0.15, 0.2) is 24.3 Å². The number of para-hydroxylation sites is 1. The molecular weight excluding hydrogens is 202 g/mol. The maximum Gasteiger partial charge on any atom is 0.219 e. The Morgan fingerprint density at radius 3 is 2.94 bits per heavy atom. The summed E-state index contributed by atoms with van der Waals surface area (Å²) >= 11 is 0. The molecule has 86 valence electrons. The van der Waals surface area contributed by atoms with Gasteiger partial charge in [0, 0.05) is 31.2 Å². The van der Waals surface area contributed by atoms with Gasteiger partial charge in [-0.15, -0.1) is 0 Å². The molecule has 0 saturated carbocycles. The van der Waals surface area contributed by atoms with Crippen LogP contribution in [0.4, 0.5) is 5.69 Å². The molecule has 4 nitrogen and oxygen atoms in total. The van der Waals surface area contributed by atoms with Crippen molar-refractivity contribution in [2.75, 3.05) is 18.0 Å². The van der Waals surface area contributed by atoms with Crippen molar-refractivity contribution in [3.8, 4) is 0 Å². The quantitative estimate of drug-likeness (QED) is 0.788. The van der Waals surface area contributed by atoms with Crippen LogP contribution in [0.3, 0.4) is 0 Å². The monoisotopic (exact) mass is 219 g/mol. The summed E-state index contributed by atoms with van der Waals surface area (Å²) in [6.07, 6.45) is 1.32. The highest BCUT2D eigenvalue weighted by Crippen LogP contribution is 2.31. The number of anilines is 1. The third-order valence-corrected chi connectivity index (χ3v) is 3.02. The second kappa shape index (κ2) is 4.53. The van der Waals surface area contributed by atoms with Gasteiger partial charge in [0.15, 0.2) is 0 Å². The minimum Gasteiger partial charge on any atom is -0.371 e. The minimum absolute atomic E-state index is 0.112. The van der Waals surface area contributed by atoms with Crippen LogP contribution >= 0.6 is 0 Å². The van der Waals surface area contributed by atoms with E-state index < -0.39 is 0 Å². The molecule has 0 bridgehead atoms. The molecule has 16 heavy (non-hydrogen) atoms. The van der Waals surface area contributed by atoms with Crippen LogP contribution in [-0.4, -0.2) is 19.0 Å². The Morgan fingerprint density at radius 2 is 2.19 bits per heavy atom. The van der Waals surface area contributed by atoms with Crippen molar-refractivity contribution in [1.82, 2.24) is 0 Å². The lowest BCUT2D eigenvalue weighted by Crippen LogP contribution is -2.35. The first kappa shape index (κ1) is 11.0. The van der Waals surface area contributed by atoms with Crippen LogP contribution in [0.5, 0.6) is 0 Å². The van der Waals surface area contributed by atoms with Crippen molar-refractivity contribution in [2.24, 2.45) is 11.5 Å². The average molecular weight is 219 g/mol. The first-order valence-corrected chi connectivity index (χ1v) is 5.56. The molecule has 0 radical (unpaired) electrons. The molecule has 2 rings (SSSR count). The Bertz CT molecular complexity index is 392. The van der Waals surface area contributed by atoms with E-state index >= 15 is 0 Å². The fourth-order valence-corrected chi connectivity index (χ4v) is 2.14. The van der Waals surface area contributed by atoms with E-state index in [0.29, 0.717) is 13.0 Å². The smallest absolute Gasteiger partial charge is 0.219 e. The first-order valence-electron chi connectivity index (χ1n) is 5.56. The van der Waals surface area contributed by atoms with Crippen LogP contribution in [0.2, 0.25) is 0 Å². The van der Waals surface area contributed by atoms with E-state index in [-0.39, 0.29) is 11.9 Å². The van der Waals surface area contributed by atoms with Gasteiger partial charge >= 0.3 is 0 Å². The molecule has 1 amide bonds. The number of hydrogen-bond acceptors (Lipinski definition) is 3. The minimum atomic E-state index is -0.257. The van der Waals surface area contributed by atoms with Gasteiger partial charge in [0.1, 0.15) is 0 Å². The van der Waals surface area contributed by atoms with Crippen molar-refractivity contribution in [3.05, 3.63) is 29.8 Å². The molecule has 1 aliphatic rings. The summed E-state index contributed by atoms with van der Waals surface area (Å²) in [4.78, 5) is 13.0. The fraction of sp³-hybridized carbons (Fsp3) is 0.417. The molecule has 1 aliphatic heterocycles. The van der Waals surface area contributed by atoms with Crippen molar-refractivity contribution in [3.63, 3.8) is 0 Å². The van der Waals surface area contributed by atoms with Crippen LogP contribution < -0.4 is 16.4 Å². The largest absolute Gasteiger partial charge is 0.371 e. The third-order valence-electron chi connectivity index (χ3n) is 3.02. The number of hydrogen-bond donors (Lipinski definition) is 2. The zero-order chi connectivity index (χ0) is 11.5. The van der Waals surface area contributed by atoms with Crippen LogP contribution in [0.25, 0.3) is 0 Å². The molecule has 0 aromatic heterocycles. The molecule has 1 heterocycles. The number of primary amides is 1. The van der Waals surface area contributed by atoms with Crippen LogP contribution in [-0.2, 0) is 4.79 Å². The second-order valence-electron chi connectivity index (χ2n) is 4.16. The topological polar surface area (TPSA) is 72.4 Å². The molecule has 0 saturated heterocycles. The molecular formula is C12H17N3O. The number of carbonyl (C=O) groups excluding carboxylic acids is 1. The molecule has 0 aliphatic carbocycles. The first-order chi connectivity index (χ1) is 7.68. The summed E-state index contributed by atoms with van der Waals surface area (Å²) in [6, 6.07) is 8.21. The van der Waals surface area contributed by atoms with E-state index in [0.717, 1.165) is 18.7 Å². The normalized spacial score (nSPS) is 19.3. The number of fused-ring (bicyclic) bond motifs is 1. The Morgan fingerprint density at radius 1 is 1.44 bits per heavy atom. The van der Waals surface area contributed by atoms with E-state index in [1.807, 2.05) is 12.1 Å². The summed E-state index contributed by atoms with van der Waals surface area (Å²) in [5, 5.41) is 0. The predicted octanol–water partition coefficient (Wildman–Crippen LogP) is 0.772. The molecule has 0 spiro atoms. The van der Waals surface area contributed by atoms with E-state index in [2.05, 4.69) is 17.0 Å². The fourth-order valence-electron chi connectivity index (χ4n) is 2.14. The second-order valence-corrected chi connectivity index (χ2v) is 4.16. The highest BCUT2D eigenvalue weighted by molar-refractivity contribution is 5.74. The lowest BCUT2D eigenvalue weighted by molar-refractivity contribution is -0.117. The molecule has 4 N–H and O–H groups in total. The maximum atomic E-state index is 10.8. The average Bonchev–Trinajstić information content (AvgIpc) is 2.28. The molecule has 0 fully saturated rings. The van der Waals surface area contributed by atoms with Gasteiger partial charge in [-0.3, -0.25) is 4.79 Å². The van der Waals surface area contributed by atoms with Crippen molar-refractivity contribution < 1.29 is 4.79 Å². The summed E-state index contributed by atoms with van der Waals surface area (Å²) in [5.41, 5.74) is 13.5. The van der Waals surface area contributed by atoms with E-state index in [9.17, 15) is 4.79 Å². The Labute approximate surface area is 95.2 Å². The third kappa shape index (κ3) is 2.17. The van der Waals surface area contributed by atoms with Gasteiger partial charge in [0.05, 0.1) is 0 Å². The lowest BCUT2D eigenvalue weighted by Gasteiger charge is -2.34. The van der Waals surface area contributed by atoms with Crippen molar-refractivity contribution in [1.29, 1.82) is 0 Å². The highest BCUT2D eigenvalue weighted by atomic mass is 16.1. The number of nitrogens with zero attached hydrogens (tertiary/aromatic N) is 1. The van der Waals surface area contributed by atoms with Gasteiger partial charge in [-0.2, -0.15) is 0 Å². The van der Waals surface area contributed by atoms with Crippen molar-refractivity contribution >= 4 is 11.6 Å². The van der Waals surface area contributed by atoms with Gasteiger partial charge in [0.2, 0.25) is 5.91 Å². The lowest BCUT2D eigenvalue weighted by atomic mass is 9.97. The SMILES string of the molecule is NC(=O)CCN1CCC(N)c2ccccc21. The Balaban J connectivity index is 2.18. The molecule has 1 aromatic rings. The van der Waals surface area contributed by atoms with Gasteiger partial charge < -0.3 is 16.4 Å². The van der Waals surface area contributed by atoms with E-state index in [1.54, 1.807) is 0 Å². The van der Waals surface area contributed by atoms with Gasteiger partial charge in [-0.1, -0.05) is 18.2 Å². The standard InChI is InChI=1S/C12H17N3O/c13-10-5-7-15(8-6-12(14)16)11-4-2-1-3-9(10)11/h1-4,10H,5-8,13H2,(H2,14,16). The summed E-state index contributed by atoms with van der Waals surface area (Å²) in [6.45, 7) is 1.57. The molecule has 4 heteroatoms. The van der Waals surface area contributed by atoms with E-state index in [4.69, 9.17) is 11.5 Å². The van der Waals surface area contributed by atoms with Gasteiger partial charge in [-0.25, -0.2) is 0 Å². The predicted molar refractivity (Wildman–Crippen MR) is 64.0 cm³/mol.